The van der Waals surface area contributed by atoms with Gasteiger partial charge in [-0.05, 0) is 28.5 Å². The van der Waals surface area contributed by atoms with E-state index in [4.69, 9.17) is 11.6 Å². The number of carboxylic acids is 1. The molecule has 2 aromatic carbocycles. The molecule has 0 aliphatic heterocycles. The van der Waals surface area contributed by atoms with Gasteiger partial charge >= 0.3 is 0 Å². The van der Waals surface area contributed by atoms with Gasteiger partial charge in [-0.25, -0.2) is 0 Å². The number of carboxylic acid groups (broad SMARTS) is 1. The third kappa shape index (κ3) is 2.96. The molecule has 0 spiro atoms. The number of hydrogen-bond acceptors (Lipinski definition) is 5. The van der Waals surface area contributed by atoms with Crippen LogP contribution in [0, 0.1) is 0 Å². The summed E-state index contributed by atoms with van der Waals surface area (Å²) < 4.78 is 0. The van der Waals surface area contributed by atoms with Crippen molar-refractivity contribution in [2.24, 2.45) is 0 Å². The van der Waals surface area contributed by atoms with Crippen molar-refractivity contribution in [3.63, 3.8) is 0 Å². The number of carbonyl (C=O) groups excluding carboxylic acids is 1. The van der Waals surface area contributed by atoms with Crippen molar-refractivity contribution in [2.45, 2.75) is 6.54 Å². The third-order valence-corrected chi connectivity index (χ3v) is 3.45. The molecule has 1 heterocycles. The normalized spacial score (nSPS) is 10.6. The van der Waals surface area contributed by atoms with Gasteiger partial charge < -0.3 is 9.90 Å². The highest BCUT2D eigenvalue weighted by Gasteiger charge is 2.08. The minimum atomic E-state index is -1.25. The lowest BCUT2D eigenvalue weighted by Crippen LogP contribution is -2.22. The van der Waals surface area contributed by atoms with Crippen LogP contribution in [0.4, 0.5) is 0 Å². The number of tetrazole rings is 1. The average molecular weight is 314 g/mol. The first kappa shape index (κ1) is 14.2. The third-order valence-electron chi connectivity index (χ3n) is 3.08. The van der Waals surface area contributed by atoms with Gasteiger partial charge in [0.2, 0.25) is 5.82 Å². The Labute approximate surface area is 131 Å². The lowest BCUT2D eigenvalue weighted by atomic mass is 10.1. The summed E-state index contributed by atoms with van der Waals surface area (Å²) in [5, 5.41) is 23.6. The van der Waals surface area contributed by atoms with Crippen molar-refractivity contribution in [3.05, 3.63) is 64.7 Å². The predicted molar refractivity (Wildman–Crippen MR) is 78.1 cm³/mol. The van der Waals surface area contributed by atoms with Crippen molar-refractivity contribution >= 4 is 17.6 Å². The van der Waals surface area contributed by atoms with Crippen LogP contribution >= 0.6 is 11.6 Å². The molecule has 0 fully saturated rings. The lowest BCUT2D eigenvalue weighted by molar-refractivity contribution is -0.255. The van der Waals surface area contributed by atoms with Crippen LogP contribution < -0.4 is 5.11 Å². The van der Waals surface area contributed by atoms with Crippen molar-refractivity contribution in [1.29, 1.82) is 0 Å². The Hall–Kier alpha value is -2.73. The van der Waals surface area contributed by atoms with Crippen molar-refractivity contribution in [1.82, 2.24) is 20.2 Å². The standard InChI is InChI=1S/C15H11ClN4O2/c16-13-7-2-1-4-12(13)9-20-18-14(17-19-20)10-5-3-6-11(8-10)15(21)22/h1-8H,9H2,(H,21,22)/p-1. The molecule has 7 heteroatoms. The van der Waals surface area contributed by atoms with E-state index in [1.165, 1.54) is 16.9 Å². The first-order chi connectivity index (χ1) is 10.6. The maximum atomic E-state index is 10.9. The van der Waals surface area contributed by atoms with E-state index in [1.54, 1.807) is 18.2 Å². The highest BCUT2D eigenvalue weighted by atomic mass is 35.5. The van der Waals surface area contributed by atoms with E-state index in [0.717, 1.165) is 5.56 Å². The van der Waals surface area contributed by atoms with Crippen LogP contribution in [0.25, 0.3) is 11.4 Å². The maximum absolute atomic E-state index is 10.9. The molecule has 0 atom stereocenters. The van der Waals surface area contributed by atoms with Gasteiger partial charge in [0.15, 0.2) is 0 Å². The van der Waals surface area contributed by atoms with Crippen molar-refractivity contribution in [2.75, 3.05) is 0 Å². The van der Waals surface area contributed by atoms with Gasteiger partial charge in [-0.1, -0.05) is 48.0 Å². The SMILES string of the molecule is O=C([O-])c1cccc(-c2nnn(Cc3ccccc3Cl)n2)c1. The molecule has 6 nitrogen and oxygen atoms in total. The molecule has 1 aromatic heterocycles. The monoisotopic (exact) mass is 313 g/mol. The van der Waals surface area contributed by atoms with Crippen molar-refractivity contribution in [3.8, 4) is 11.4 Å². The van der Waals surface area contributed by atoms with Crippen LogP contribution in [0.2, 0.25) is 5.02 Å². The fourth-order valence-electron chi connectivity index (χ4n) is 1.99. The Bertz CT molecular complexity index is 832. The molecule has 0 aliphatic rings. The summed E-state index contributed by atoms with van der Waals surface area (Å²) in [4.78, 5) is 12.3. The summed E-state index contributed by atoms with van der Waals surface area (Å²) in [6, 6.07) is 13.6. The molecule has 0 saturated carbocycles. The largest absolute Gasteiger partial charge is 0.545 e. The summed E-state index contributed by atoms with van der Waals surface area (Å²) in [7, 11) is 0. The van der Waals surface area contributed by atoms with E-state index in [0.29, 0.717) is 23.0 Å². The molecular formula is C15H10ClN4O2-. The molecule has 0 saturated heterocycles. The first-order valence-corrected chi connectivity index (χ1v) is 6.84. The highest BCUT2D eigenvalue weighted by Crippen LogP contribution is 2.17. The molecule has 3 rings (SSSR count). The Morgan fingerprint density at radius 1 is 1.18 bits per heavy atom. The second-order valence-electron chi connectivity index (χ2n) is 4.60. The first-order valence-electron chi connectivity index (χ1n) is 6.46. The van der Waals surface area contributed by atoms with Crippen LogP contribution in [-0.2, 0) is 6.54 Å². The summed E-state index contributed by atoms with van der Waals surface area (Å²) >= 11 is 6.09. The molecule has 3 aromatic rings. The van der Waals surface area contributed by atoms with Gasteiger partial charge in [-0.15, -0.1) is 10.2 Å². The Kier molecular flexibility index (Phi) is 3.84. The summed E-state index contributed by atoms with van der Waals surface area (Å²) in [5.74, 6) is -0.902. The average Bonchev–Trinajstić information content (AvgIpc) is 2.98. The Balaban J connectivity index is 1.86. The van der Waals surface area contributed by atoms with E-state index in [2.05, 4.69) is 15.4 Å². The van der Waals surface area contributed by atoms with E-state index in [9.17, 15) is 9.90 Å². The molecule has 0 aliphatic carbocycles. The zero-order valence-electron chi connectivity index (χ0n) is 11.3. The summed E-state index contributed by atoms with van der Waals surface area (Å²) in [5.41, 5.74) is 1.50. The molecule has 0 radical (unpaired) electrons. The second kappa shape index (κ2) is 5.95. The van der Waals surface area contributed by atoms with Gasteiger partial charge in [-0.2, -0.15) is 4.80 Å². The Morgan fingerprint density at radius 3 is 2.77 bits per heavy atom. The van der Waals surface area contributed by atoms with E-state index < -0.39 is 5.97 Å². The van der Waals surface area contributed by atoms with Crippen LogP contribution in [0.3, 0.4) is 0 Å². The molecule has 0 bridgehead atoms. The minimum Gasteiger partial charge on any atom is -0.545 e. The molecular weight excluding hydrogens is 304 g/mol. The predicted octanol–water partition coefficient (Wildman–Crippen LogP) is 1.41. The van der Waals surface area contributed by atoms with E-state index >= 15 is 0 Å². The van der Waals surface area contributed by atoms with Gasteiger partial charge in [0.25, 0.3) is 0 Å². The number of carbonyl (C=O) groups is 1. The van der Waals surface area contributed by atoms with Crippen LogP contribution in [0.1, 0.15) is 15.9 Å². The van der Waals surface area contributed by atoms with Crippen molar-refractivity contribution < 1.29 is 9.90 Å². The second-order valence-corrected chi connectivity index (χ2v) is 5.01. The molecule has 22 heavy (non-hydrogen) atoms. The summed E-state index contributed by atoms with van der Waals surface area (Å²) in [6.45, 7) is 0.382. The van der Waals surface area contributed by atoms with E-state index in [-0.39, 0.29) is 5.56 Å². The maximum Gasteiger partial charge on any atom is 0.204 e. The Morgan fingerprint density at radius 2 is 2.00 bits per heavy atom. The van der Waals surface area contributed by atoms with Crippen LogP contribution in [-0.4, -0.2) is 26.2 Å². The fraction of sp³-hybridized carbons (Fsp3) is 0.0667. The zero-order valence-corrected chi connectivity index (χ0v) is 12.1. The van der Waals surface area contributed by atoms with Crippen LogP contribution in [0.15, 0.2) is 48.5 Å². The highest BCUT2D eigenvalue weighted by molar-refractivity contribution is 6.31. The smallest absolute Gasteiger partial charge is 0.204 e. The molecule has 0 amide bonds. The number of nitrogens with zero attached hydrogens (tertiary/aromatic N) is 4. The number of rotatable bonds is 4. The number of aromatic nitrogens is 4. The quantitative estimate of drug-likeness (QED) is 0.727. The van der Waals surface area contributed by atoms with E-state index in [1.807, 2.05) is 18.2 Å². The van der Waals surface area contributed by atoms with Gasteiger partial charge in [0.1, 0.15) is 0 Å². The zero-order chi connectivity index (χ0) is 15.5. The van der Waals surface area contributed by atoms with Gasteiger partial charge in [-0.3, -0.25) is 0 Å². The lowest BCUT2D eigenvalue weighted by Gasteiger charge is -2.03. The molecule has 110 valence electrons. The topological polar surface area (TPSA) is 83.7 Å². The molecule has 0 unspecified atom stereocenters. The minimum absolute atomic E-state index is 0.0694. The van der Waals surface area contributed by atoms with Gasteiger partial charge in [0.05, 0.1) is 12.5 Å². The summed E-state index contributed by atoms with van der Waals surface area (Å²) in [6.07, 6.45) is 0. The number of aromatic carboxylic acids is 1. The van der Waals surface area contributed by atoms with Gasteiger partial charge in [0, 0.05) is 10.6 Å². The van der Waals surface area contributed by atoms with Crippen LogP contribution in [0.5, 0.6) is 0 Å². The molecule has 0 N–H and O–H groups in total. The fourth-order valence-corrected chi connectivity index (χ4v) is 2.19. The number of benzene rings is 2. The number of hydrogen-bond donors (Lipinski definition) is 0. The number of halogens is 1.